The molecule has 2 unspecified atom stereocenters. The first-order chi connectivity index (χ1) is 11.0. The van der Waals surface area contributed by atoms with Crippen molar-refractivity contribution in [2.45, 2.75) is 64.6 Å². The number of carbonyl (C=O) groups is 2. The Morgan fingerprint density at radius 1 is 1.42 bits per heavy atom. The summed E-state index contributed by atoms with van der Waals surface area (Å²) < 4.78 is 0. The van der Waals surface area contributed by atoms with E-state index in [0.717, 1.165) is 19.4 Å². The summed E-state index contributed by atoms with van der Waals surface area (Å²) in [5, 5.41) is 4.99. The lowest BCUT2D eigenvalue weighted by Gasteiger charge is -2.31. The number of rotatable bonds is 7. The van der Waals surface area contributed by atoms with Crippen molar-refractivity contribution < 1.29 is 9.59 Å². The van der Waals surface area contributed by atoms with Crippen LogP contribution in [0.2, 0.25) is 0 Å². The van der Waals surface area contributed by atoms with Crippen LogP contribution in [0.5, 0.6) is 0 Å². The highest BCUT2D eigenvalue weighted by Crippen LogP contribution is 2.24. The molecule has 0 saturated carbocycles. The third-order valence-corrected chi connectivity index (χ3v) is 5.18. The first-order valence-corrected chi connectivity index (χ1v) is 9.28. The number of nitrogens with two attached hydrogens (primary N) is 1. The van der Waals surface area contributed by atoms with Gasteiger partial charge in [-0.3, -0.25) is 9.59 Å². The number of thiophene rings is 1. The molecule has 0 fully saturated rings. The number of hydrogen-bond acceptors (Lipinski definition) is 4. The highest BCUT2D eigenvalue weighted by atomic mass is 35.5. The van der Waals surface area contributed by atoms with Gasteiger partial charge in [0.1, 0.15) is 6.04 Å². The molecule has 1 aliphatic rings. The Hall–Kier alpha value is -1.11. The van der Waals surface area contributed by atoms with Crippen LogP contribution in [-0.4, -0.2) is 35.3 Å². The SMILES string of the molecule is CCCC(NC(=O)CCC(C)N)C(=O)N1CCc2sccc2C1.Cl. The van der Waals surface area contributed by atoms with Crippen LogP contribution >= 0.6 is 23.7 Å². The summed E-state index contributed by atoms with van der Waals surface area (Å²) in [6.45, 7) is 5.31. The van der Waals surface area contributed by atoms with E-state index < -0.39 is 6.04 Å². The third kappa shape index (κ3) is 5.76. The Balaban J connectivity index is 0.00000288. The molecule has 0 radical (unpaired) electrons. The zero-order chi connectivity index (χ0) is 16.8. The van der Waals surface area contributed by atoms with E-state index in [1.165, 1.54) is 10.4 Å². The summed E-state index contributed by atoms with van der Waals surface area (Å²) in [5.41, 5.74) is 6.93. The molecular weight excluding hydrogens is 346 g/mol. The Kier molecular flexibility index (Phi) is 8.73. The van der Waals surface area contributed by atoms with Crippen molar-refractivity contribution in [2.75, 3.05) is 6.54 Å². The molecule has 2 rings (SSSR count). The van der Waals surface area contributed by atoms with Crippen molar-refractivity contribution in [2.24, 2.45) is 5.73 Å². The number of nitrogens with one attached hydrogen (secondary N) is 1. The van der Waals surface area contributed by atoms with Crippen molar-refractivity contribution >= 4 is 35.6 Å². The molecule has 1 aliphatic heterocycles. The first-order valence-electron chi connectivity index (χ1n) is 8.40. The molecule has 0 aromatic carbocycles. The van der Waals surface area contributed by atoms with Gasteiger partial charge in [-0.05, 0) is 43.2 Å². The van der Waals surface area contributed by atoms with Gasteiger partial charge >= 0.3 is 0 Å². The van der Waals surface area contributed by atoms with Gasteiger partial charge in [-0.15, -0.1) is 23.7 Å². The molecule has 0 aliphatic carbocycles. The number of carbonyl (C=O) groups excluding carboxylic acids is 2. The van der Waals surface area contributed by atoms with Crippen LogP contribution in [0, 0.1) is 0 Å². The van der Waals surface area contributed by atoms with Crippen LogP contribution in [0.15, 0.2) is 11.4 Å². The quantitative estimate of drug-likeness (QED) is 0.770. The van der Waals surface area contributed by atoms with Gasteiger partial charge in [-0.25, -0.2) is 0 Å². The molecule has 0 saturated heterocycles. The molecule has 136 valence electrons. The average molecular weight is 374 g/mol. The molecule has 5 nitrogen and oxygen atoms in total. The maximum Gasteiger partial charge on any atom is 0.245 e. The molecule has 7 heteroatoms. The van der Waals surface area contributed by atoms with E-state index in [2.05, 4.69) is 16.8 Å². The second-order valence-electron chi connectivity index (χ2n) is 6.30. The minimum atomic E-state index is -0.416. The fourth-order valence-corrected chi connectivity index (χ4v) is 3.72. The highest BCUT2D eigenvalue weighted by molar-refractivity contribution is 7.10. The Morgan fingerprint density at radius 2 is 2.17 bits per heavy atom. The van der Waals surface area contributed by atoms with Crippen molar-refractivity contribution in [1.82, 2.24) is 10.2 Å². The van der Waals surface area contributed by atoms with Gasteiger partial charge in [0, 0.05) is 30.4 Å². The summed E-state index contributed by atoms with van der Waals surface area (Å²) >= 11 is 1.76. The predicted octanol–water partition coefficient (Wildman–Crippen LogP) is 2.47. The third-order valence-electron chi connectivity index (χ3n) is 4.16. The second-order valence-corrected chi connectivity index (χ2v) is 7.30. The molecule has 24 heavy (non-hydrogen) atoms. The smallest absolute Gasteiger partial charge is 0.245 e. The maximum absolute atomic E-state index is 12.8. The van der Waals surface area contributed by atoms with Gasteiger partial charge in [0.05, 0.1) is 0 Å². The zero-order valence-corrected chi connectivity index (χ0v) is 16.0. The van der Waals surface area contributed by atoms with Crippen molar-refractivity contribution in [3.8, 4) is 0 Å². The highest BCUT2D eigenvalue weighted by Gasteiger charge is 2.28. The number of amides is 2. The minimum absolute atomic E-state index is 0. The lowest BCUT2D eigenvalue weighted by molar-refractivity contribution is -0.137. The van der Waals surface area contributed by atoms with E-state index in [-0.39, 0.29) is 30.3 Å². The average Bonchev–Trinajstić information content (AvgIpc) is 2.99. The lowest BCUT2D eigenvalue weighted by Crippen LogP contribution is -2.49. The first kappa shape index (κ1) is 20.9. The van der Waals surface area contributed by atoms with E-state index >= 15 is 0 Å². The molecule has 1 aromatic heterocycles. The van der Waals surface area contributed by atoms with Gasteiger partial charge in [-0.1, -0.05) is 13.3 Å². The van der Waals surface area contributed by atoms with Gasteiger partial charge in [0.2, 0.25) is 11.8 Å². The van der Waals surface area contributed by atoms with E-state index in [1.54, 1.807) is 11.3 Å². The lowest BCUT2D eigenvalue weighted by atomic mass is 10.1. The topological polar surface area (TPSA) is 75.4 Å². The van der Waals surface area contributed by atoms with E-state index in [9.17, 15) is 9.59 Å². The van der Waals surface area contributed by atoms with Crippen LogP contribution in [0.3, 0.4) is 0 Å². The Bertz CT molecular complexity index is 548. The van der Waals surface area contributed by atoms with Crippen LogP contribution in [0.1, 0.15) is 50.0 Å². The van der Waals surface area contributed by atoms with Crippen molar-refractivity contribution in [1.29, 1.82) is 0 Å². The van der Waals surface area contributed by atoms with Gasteiger partial charge in [0.25, 0.3) is 0 Å². The number of nitrogens with zero attached hydrogens (tertiary/aromatic N) is 1. The number of fused-ring (bicyclic) bond motifs is 1. The van der Waals surface area contributed by atoms with Crippen LogP contribution in [0.4, 0.5) is 0 Å². The van der Waals surface area contributed by atoms with Crippen LogP contribution in [-0.2, 0) is 22.6 Å². The Morgan fingerprint density at radius 3 is 2.83 bits per heavy atom. The molecule has 0 bridgehead atoms. The standard InChI is InChI=1S/C17H27N3O2S.ClH/c1-3-4-14(19-16(21)6-5-12(2)18)17(22)20-9-7-15-13(11-20)8-10-23-15;/h8,10,12,14H,3-7,9,11,18H2,1-2H3,(H,19,21);1H. The van der Waals surface area contributed by atoms with Gasteiger partial charge in [-0.2, -0.15) is 0 Å². The summed E-state index contributed by atoms with van der Waals surface area (Å²) in [4.78, 5) is 28.1. The maximum atomic E-state index is 12.8. The predicted molar refractivity (Wildman–Crippen MR) is 100 cm³/mol. The molecule has 2 atom stereocenters. The zero-order valence-electron chi connectivity index (χ0n) is 14.4. The Labute approximate surface area is 154 Å². The monoisotopic (exact) mass is 373 g/mol. The number of hydrogen-bond donors (Lipinski definition) is 2. The van der Waals surface area contributed by atoms with Gasteiger partial charge in [0.15, 0.2) is 0 Å². The molecule has 2 heterocycles. The summed E-state index contributed by atoms with van der Waals surface area (Å²) in [6, 6.07) is 1.68. The summed E-state index contributed by atoms with van der Waals surface area (Å²) in [7, 11) is 0. The molecular formula is C17H28ClN3O2S. The molecule has 2 amide bonds. The van der Waals surface area contributed by atoms with Gasteiger partial charge < -0.3 is 16.0 Å². The van der Waals surface area contributed by atoms with Crippen molar-refractivity contribution in [3.05, 3.63) is 21.9 Å². The van der Waals surface area contributed by atoms with Crippen LogP contribution in [0.25, 0.3) is 0 Å². The fourth-order valence-electron chi connectivity index (χ4n) is 2.83. The molecule has 0 spiro atoms. The van der Waals surface area contributed by atoms with Crippen LogP contribution < -0.4 is 11.1 Å². The second kappa shape index (κ2) is 10.0. The van der Waals surface area contributed by atoms with E-state index in [1.807, 2.05) is 18.7 Å². The molecule has 3 N–H and O–H groups in total. The minimum Gasteiger partial charge on any atom is -0.344 e. The summed E-state index contributed by atoms with van der Waals surface area (Å²) in [5.74, 6) is -0.0415. The van der Waals surface area contributed by atoms with E-state index in [4.69, 9.17) is 5.73 Å². The van der Waals surface area contributed by atoms with E-state index in [0.29, 0.717) is 25.8 Å². The van der Waals surface area contributed by atoms with Crippen molar-refractivity contribution in [3.63, 3.8) is 0 Å². The largest absolute Gasteiger partial charge is 0.344 e. The normalized spacial score (nSPS) is 15.9. The number of halogens is 1. The summed E-state index contributed by atoms with van der Waals surface area (Å²) in [6.07, 6.45) is 3.47. The molecule has 1 aromatic rings. The fraction of sp³-hybridized carbons (Fsp3) is 0.647.